The van der Waals surface area contributed by atoms with Crippen LogP contribution in [-0.4, -0.2) is 118 Å². The third-order valence-corrected chi connectivity index (χ3v) is 8.75. The zero-order valence-electron chi connectivity index (χ0n) is 30.0. The van der Waals surface area contributed by atoms with E-state index in [1.165, 1.54) is 5.56 Å². The number of rotatable bonds is 16. The number of pyridine rings is 1. The lowest BCUT2D eigenvalue weighted by Crippen LogP contribution is -2.49. The number of hydrogen-bond donors (Lipinski definition) is 4. The number of fused-ring (bicyclic) bond motifs is 2. The van der Waals surface area contributed by atoms with E-state index in [2.05, 4.69) is 22.5 Å². The lowest BCUT2D eigenvalue weighted by Gasteiger charge is -2.35. The minimum absolute atomic E-state index is 0.139. The summed E-state index contributed by atoms with van der Waals surface area (Å²) in [6, 6.07) is 20.7. The van der Waals surface area contributed by atoms with Gasteiger partial charge in [-0.05, 0) is 79.6 Å². The lowest BCUT2D eigenvalue weighted by molar-refractivity contribution is -0.141. The van der Waals surface area contributed by atoms with Gasteiger partial charge in [-0.2, -0.15) is 0 Å². The van der Waals surface area contributed by atoms with Crippen LogP contribution >= 0.6 is 12.2 Å². The molecule has 280 valence electrons. The Balaban J connectivity index is 1.28. The Bertz CT molecular complexity index is 1610. The number of hydrogen-bond acceptors (Lipinski definition) is 10. The van der Waals surface area contributed by atoms with Crippen molar-refractivity contribution < 1.29 is 34.1 Å². The highest BCUT2D eigenvalue weighted by molar-refractivity contribution is 7.80. The van der Waals surface area contributed by atoms with Gasteiger partial charge in [0.25, 0.3) is 0 Å². The molecular formula is C38H50N6O7S. The quantitative estimate of drug-likeness (QED) is 0.0732. The van der Waals surface area contributed by atoms with Crippen LogP contribution in [0, 0.1) is 0 Å². The van der Waals surface area contributed by atoms with Crippen molar-refractivity contribution in [1.29, 1.82) is 0 Å². The first-order valence-corrected chi connectivity index (χ1v) is 18.0. The molecule has 3 aromatic rings. The Hall–Kier alpha value is -4.47. The molecule has 52 heavy (non-hydrogen) atoms. The average Bonchev–Trinajstić information content (AvgIpc) is 3.09. The topological polar surface area (TPSA) is 157 Å². The second kappa shape index (κ2) is 21.2. The number of esters is 1. The van der Waals surface area contributed by atoms with Gasteiger partial charge in [0.1, 0.15) is 5.75 Å². The van der Waals surface area contributed by atoms with Crippen molar-refractivity contribution in [2.24, 2.45) is 0 Å². The molecule has 1 unspecified atom stereocenters. The van der Waals surface area contributed by atoms with E-state index in [9.17, 15) is 24.6 Å². The highest BCUT2D eigenvalue weighted by atomic mass is 32.1. The number of carbonyl (C=O) groups excluding carboxylic acids is 1. The van der Waals surface area contributed by atoms with Crippen molar-refractivity contribution in [3.05, 3.63) is 89.2 Å². The maximum atomic E-state index is 12.1. The van der Waals surface area contributed by atoms with Gasteiger partial charge in [-0.3, -0.25) is 34.1 Å². The highest BCUT2D eigenvalue weighted by Crippen LogP contribution is 2.18. The molecule has 4 N–H and O–H groups in total. The molecule has 0 saturated heterocycles. The van der Waals surface area contributed by atoms with E-state index < -0.39 is 11.9 Å². The summed E-state index contributed by atoms with van der Waals surface area (Å²) in [5, 5.41) is 26.2. The van der Waals surface area contributed by atoms with E-state index in [0.29, 0.717) is 63.2 Å². The first-order chi connectivity index (χ1) is 25.1. The summed E-state index contributed by atoms with van der Waals surface area (Å²) >= 11 is 5.45. The zero-order chi connectivity index (χ0) is 37.3. The molecule has 2 heterocycles. The number of aliphatic carboxylic acids is 2. The molecule has 4 rings (SSSR count). The number of benzene rings is 2. The largest absolute Gasteiger partial charge is 0.480 e. The van der Waals surface area contributed by atoms with Gasteiger partial charge in [-0.1, -0.05) is 43.7 Å². The van der Waals surface area contributed by atoms with E-state index in [4.69, 9.17) is 26.7 Å². The third-order valence-electron chi connectivity index (χ3n) is 8.50. The normalized spacial score (nSPS) is 15.9. The van der Waals surface area contributed by atoms with E-state index in [-0.39, 0.29) is 38.1 Å². The van der Waals surface area contributed by atoms with Crippen LogP contribution in [0.5, 0.6) is 5.75 Å². The van der Waals surface area contributed by atoms with E-state index >= 15 is 0 Å². The van der Waals surface area contributed by atoms with Crippen LogP contribution in [0.15, 0.2) is 66.7 Å². The number of likely N-dealkylation sites (N-methyl/N-ethyl adjacent to an activating group) is 1. The number of anilines is 1. The minimum Gasteiger partial charge on any atom is -0.480 e. The van der Waals surface area contributed by atoms with Crippen LogP contribution < -0.4 is 15.4 Å². The molecule has 0 spiro atoms. The molecule has 0 aliphatic carbocycles. The van der Waals surface area contributed by atoms with Crippen LogP contribution in [0.1, 0.15) is 42.3 Å². The maximum Gasteiger partial charge on any atom is 0.317 e. The van der Waals surface area contributed by atoms with Crippen molar-refractivity contribution in [1.82, 2.24) is 25.0 Å². The number of thiocarbonyl (C=S) groups is 1. The number of carboxylic acids is 2. The number of nitrogens with zero attached hydrogens (tertiary/aromatic N) is 4. The zero-order valence-corrected chi connectivity index (χ0v) is 30.8. The number of carbonyl (C=O) groups is 3. The van der Waals surface area contributed by atoms with Gasteiger partial charge in [-0.15, -0.1) is 0 Å². The molecule has 0 fully saturated rings. The van der Waals surface area contributed by atoms with Crippen molar-refractivity contribution in [2.75, 3.05) is 64.8 Å². The van der Waals surface area contributed by atoms with Crippen LogP contribution in [0.25, 0.3) is 0 Å². The van der Waals surface area contributed by atoms with Crippen molar-refractivity contribution in [2.45, 2.75) is 51.7 Å². The number of aryl methyl sites for hydroxylation is 1. The lowest BCUT2D eigenvalue weighted by atomic mass is 10.0. The molecule has 0 saturated carbocycles. The summed E-state index contributed by atoms with van der Waals surface area (Å²) in [6.45, 7) is 5.23. The smallest absolute Gasteiger partial charge is 0.317 e. The number of nitrogens with one attached hydrogen (secondary N) is 2. The Kier molecular flexibility index (Phi) is 16.4. The fourth-order valence-electron chi connectivity index (χ4n) is 5.96. The predicted octanol–water partition coefficient (Wildman–Crippen LogP) is 3.66. The Morgan fingerprint density at radius 1 is 0.904 bits per heavy atom. The minimum atomic E-state index is -0.963. The second-order valence-electron chi connectivity index (χ2n) is 13.0. The summed E-state index contributed by atoms with van der Waals surface area (Å²) < 4.78 is 10.9. The van der Waals surface area contributed by atoms with Crippen LogP contribution in [-0.2, 0) is 45.1 Å². The van der Waals surface area contributed by atoms with Gasteiger partial charge in [0, 0.05) is 51.0 Å². The van der Waals surface area contributed by atoms with Crippen molar-refractivity contribution in [3.63, 3.8) is 0 Å². The van der Waals surface area contributed by atoms with Crippen LogP contribution in [0.4, 0.5) is 5.69 Å². The molecule has 2 bridgehead atoms. The molecule has 2 aromatic carbocycles. The van der Waals surface area contributed by atoms with Crippen molar-refractivity contribution >= 4 is 40.9 Å². The SMILES string of the molecule is CCCc1ccc(OC(=O)CCOCCNC(=S)Nc2ccc(CC3CN(CC(=O)O)CCN(C)Cc4cccc(n4)CN3CC(=O)O)cc2)cc1. The predicted molar refractivity (Wildman–Crippen MR) is 202 cm³/mol. The van der Waals surface area contributed by atoms with Gasteiger partial charge in [0.05, 0.1) is 44.1 Å². The summed E-state index contributed by atoms with van der Waals surface area (Å²) in [5.41, 5.74) is 4.58. The third kappa shape index (κ3) is 14.6. The summed E-state index contributed by atoms with van der Waals surface area (Å²) in [4.78, 5) is 46.6. The summed E-state index contributed by atoms with van der Waals surface area (Å²) in [6.07, 6.45) is 2.69. The van der Waals surface area contributed by atoms with Gasteiger partial charge >= 0.3 is 17.9 Å². The average molecular weight is 735 g/mol. The fraction of sp³-hybridized carbons (Fsp3) is 0.447. The van der Waals surface area contributed by atoms with Crippen LogP contribution in [0.2, 0.25) is 0 Å². The molecule has 1 aliphatic heterocycles. The molecule has 1 aliphatic rings. The fourth-order valence-corrected chi connectivity index (χ4v) is 6.18. The highest BCUT2D eigenvalue weighted by Gasteiger charge is 2.26. The Morgan fingerprint density at radius 2 is 1.60 bits per heavy atom. The molecule has 0 radical (unpaired) electrons. The number of aromatic nitrogens is 1. The van der Waals surface area contributed by atoms with E-state index in [0.717, 1.165) is 35.5 Å². The first kappa shape index (κ1) is 40.3. The van der Waals surface area contributed by atoms with Gasteiger partial charge < -0.3 is 30.3 Å². The van der Waals surface area contributed by atoms with Crippen molar-refractivity contribution in [3.8, 4) is 5.75 Å². The monoisotopic (exact) mass is 734 g/mol. The molecule has 1 aromatic heterocycles. The molecule has 14 heteroatoms. The Labute approximate surface area is 310 Å². The molecule has 1 atom stereocenters. The molecule has 0 amide bonds. The standard InChI is InChI=1S/C38H50N6O7S/c1-3-5-28-10-14-34(15-11-28)51-37(49)16-20-50-21-17-39-38(52)41-30-12-8-29(9-13-30)22-33-25-43(26-35(45)46)19-18-42(2)23-31-6-4-7-32(40-31)24-44(33)27-36(47)48/h4,6-15,33H,3,5,16-27H2,1-2H3,(H,45,46)(H,47,48)(H2,39,41,52). The van der Waals surface area contributed by atoms with E-state index in [1.807, 2.05) is 71.4 Å². The van der Waals surface area contributed by atoms with Gasteiger partial charge in [0.15, 0.2) is 5.11 Å². The summed E-state index contributed by atoms with van der Waals surface area (Å²) in [5.74, 6) is -1.72. The van der Waals surface area contributed by atoms with Gasteiger partial charge in [0.2, 0.25) is 0 Å². The number of ether oxygens (including phenoxy) is 2. The van der Waals surface area contributed by atoms with Crippen LogP contribution in [0.3, 0.4) is 0 Å². The molecule has 13 nitrogen and oxygen atoms in total. The van der Waals surface area contributed by atoms with Gasteiger partial charge in [-0.25, -0.2) is 0 Å². The summed E-state index contributed by atoms with van der Waals surface area (Å²) in [7, 11) is 1.98. The maximum absolute atomic E-state index is 12.1. The molecular weight excluding hydrogens is 685 g/mol. The first-order valence-electron chi connectivity index (χ1n) is 17.6. The second-order valence-corrected chi connectivity index (χ2v) is 13.4. The van der Waals surface area contributed by atoms with E-state index in [1.54, 1.807) is 12.1 Å². The Morgan fingerprint density at radius 3 is 2.29 bits per heavy atom. The number of carboxylic acid groups (broad SMARTS) is 2.